The van der Waals surface area contributed by atoms with Crippen molar-refractivity contribution in [1.82, 2.24) is 14.5 Å². The Kier molecular flexibility index (Phi) is 6.49. The lowest BCUT2D eigenvalue weighted by molar-refractivity contribution is 0.0571. The largest absolute Gasteiger partial charge is 0.501 e. The Hall–Kier alpha value is -3.20. The molecule has 0 radical (unpaired) electrons. The van der Waals surface area contributed by atoms with Crippen LogP contribution in [-0.2, 0) is 9.84 Å². The van der Waals surface area contributed by atoms with Crippen molar-refractivity contribution in [2.24, 2.45) is 0 Å². The van der Waals surface area contributed by atoms with Gasteiger partial charge in [-0.25, -0.2) is 8.42 Å². The Morgan fingerprint density at radius 3 is 2.47 bits per heavy atom. The zero-order valence-corrected chi connectivity index (χ0v) is 20.3. The molecule has 4 rings (SSSR count). The molecule has 1 N–H and O–H groups in total. The molecule has 1 amide bonds. The van der Waals surface area contributed by atoms with Crippen molar-refractivity contribution in [3.05, 3.63) is 75.7 Å². The maximum atomic E-state index is 13.4. The molecule has 1 aromatic carbocycles. The summed E-state index contributed by atoms with van der Waals surface area (Å²) in [7, 11) is -3.98. The zero-order valence-electron chi connectivity index (χ0n) is 19.5. The third-order valence-electron chi connectivity index (χ3n) is 6.52. The molecule has 2 atom stereocenters. The molecular weight excluding hydrogens is 454 g/mol. The number of hydrogen-bond donors (Lipinski definition) is 1. The van der Waals surface area contributed by atoms with E-state index in [-0.39, 0.29) is 30.0 Å². The molecule has 2 aromatic rings. The minimum Gasteiger partial charge on any atom is -0.501 e. The van der Waals surface area contributed by atoms with Crippen LogP contribution in [0.5, 0.6) is 5.75 Å². The average molecular weight is 484 g/mol. The van der Waals surface area contributed by atoms with E-state index in [2.05, 4.69) is 11.1 Å². The molecule has 2 heterocycles. The second kappa shape index (κ2) is 9.21. The molecule has 2 aliphatic rings. The molecule has 1 aliphatic carbocycles. The Labute approximate surface area is 199 Å². The third-order valence-corrected chi connectivity index (χ3v) is 8.12. The van der Waals surface area contributed by atoms with Crippen LogP contribution in [0.25, 0.3) is 0 Å². The number of nitrogens with zero attached hydrogens (tertiary/aromatic N) is 3. The van der Waals surface area contributed by atoms with E-state index in [1.54, 1.807) is 4.90 Å². The van der Waals surface area contributed by atoms with Crippen LogP contribution >= 0.6 is 0 Å². The highest BCUT2D eigenvalue weighted by molar-refractivity contribution is 7.91. The molecule has 0 saturated heterocycles. The van der Waals surface area contributed by atoms with Gasteiger partial charge in [0.2, 0.25) is 20.7 Å². The summed E-state index contributed by atoms with van der Waals surface area (Å²) in [5, 5.41) is 10.2. The first-order chi connectivity index (χ1) is 16.2. The minimum absolute atomic E-state index is 0.209. The summed E-state index contributed by atoms with van der Waals surface area (Å²) in [5.74, 6) is -1.99. The number of aromatic hydroxyl groups is 1. The number of carbonyl (C=O) groups excluding carboxylic acids is 1. The van der Waals surface area contributed by atoms with Crippen LogP contribution in [-0.4, -0.2) is 52.2 Å². The SMILES string of the molecule is CCS(=O)(=O)c1nc(=O)c(O)c2n1[C@@H](C(C1=CC=CCC1)c1ccccc1)CN(C(C)C)C2=O. The summed E-state index contributed by atoms with van der Waals surface area (Å²) in [4.78, 5) is 31.3. The van der Waals surface area contributed by atoms with Gasteiger partial charge in [-0.1, -0.05) is 61.1 Å². The molecule has 0 bridgehead atoms. The Bertz CT molecular complexity index is 1330. The number of rotatable bonds is 6. The fourth-order valence-corrected chi connectivity index (χ4v) is 5.80. The number of aromatic nitrogens is 2. The maximum Gasteiger partial charge on any atom is 0.316 e. The van der Waals surface area contributed by atoms with E-state index in [1.165, 1.54) is 11.5 Å². The number of amides is 1. The van der Waals surface area contributed by atoms with Gasteiger partial charge in [0.15, 0.2) is 5.69 Å². The highest BCUT2D eigenvalue weighted by Crippen LogP contribution is 2.43. The summed E-state index contributed by atoms with van der Waals surface area (Å²) in [5.41, 5.74) is 0.605. The maximum absolute atomic E-state index is 13.4. The molecule has 0 fully saturated rings. The van der Waals surface area contributed by atoms with E-state index in [0.29, 0.717) is 0 Å². The van der Waals surface area contributed by atoms with E-state index in [4.69, 9.17) is 0 Å². The van der Waals surface area contributed by atoms with Crippen LogP contribution in [0.1, 0.15) is 61.6 Å². The number of carbonyl (C=O) groups is 1. The lowest BCUT2D eigenvalue weighted by Crippen LogP contribution is -2.50. The second-order valence-electron chi connectivity index (χ2n) is 8.89. The van der Waals surface area contributed by atoms with Gasteiger partial charge in [0.1, 0.15) is 0 Å². The molecule has 1 aromatic heterocycles. The first-order valence-electron chi connectivity index (χ1n) is 11.5. The molecule has 0 saturated carbocycles. The molecule has 1 unspecified atom stereocenters. The summed E-state index contributed by atoms with van der Waals surface area (Å²) < 4.78 is 27.5. The van der Waals surface area contributed by atoms with Gasteiger partial charge in [0, 0.05) is 18.5 Å². The summed E-state index contributed by atoms with van der Waals surface area (Å²) >= 11 is 0. The normalized spacial score (nSPS) is 19.2. The van der Waals surface area contributed by atoms with Gasteiger partial charge >= 0.3 is 5.56 Å². The molecule has 9 heteroatoms. The molecular formula is C25H29N3O5S. The minimum atomic E-state index is -3.98. The van der Waals surface area contributed by atoms with Crippen molar-refractivity contribution in [3.63, 3.8) is 0 Å². The number of hydrogen-bond acceptors (Lipinski definition) is 6. The van der Waals surface area contributed by atoms with Crippen molar-refractivity contribution >= 4 is 15.7 Å². The summed E-state index contributed by atoms with van der Waals surface area (Å²) in [6.07, 6.45) is 7.69. The van der Waals surface area contributed by atoms with Gasteiger partial charge in [-0.15, -0.1) is 0 Å². The smallest absolute Gasteiger partial charge is 0.316 e. The van der Waals surface area contributed by atoms with Crippen LogP contribution in [0.15, 0.2) is 64.1 Å². The van der Waals surface area contributed by atoms with Gasteiger partial charge in [-0.3, -0.25) is 9.59 Å². The average Bonchev–Trinajstić information content (AvgIpc) is 2.83. The number of sulfone groups is 1. The summed E-state index contributed by atoms with van der Waals surface area (Å²) in [6.45, 7) is 5.38. The fraction of sp³-hybridized carbons (Fsp3) is 0.400. The van der Waals surface area contributed by atoms with Gasteiger partial charge in [-0.05, 0) is 32.3 Å². The van der Waals surface area contributed by atoms with Gasteiger partial charge in [-0.2, -0.15) is 4.98 Å². The van der Waals surface area contributed by atoms with Crippen LogP contribution < -0.4 is 5.56 Å². The summed E-state index contributed by atoms with van der Waals surface area (Å²) in [6, 6.07) is 8.88. The van der Waals surface area contributed by atoms with Crippen LogP contribution in [0.4, 0.5) is 0 Å². The molecule has 180 valence electrons. The Morgan fingerprint density at radius 1 is 1.18 bits per heavy atom. The molecule has 1 aliphatic heterocycles. The lowest BCUT2D eigenvalue weighted by atomic mass is 9.80. The topological polar surface area (TPSA) is 110 Å². The van der Waals surface area contributed by atoms with Crippen LogP contribution in [0.2, 0.25) is 0 Å². The van der Waals surface area contributed by atoms with Crippen LogP contribution in [0, 0.1) is 0 Å². The molecule has 0 spiro atoms. The van der Waals surface area contributed by atoms with Crippen molar-refractivity contribution < 1.29 is 18.3 Å². The van der Waals surface area contributed by atoms with Gasteiger partial charge < -0.3 is 14.6 Å². The van der Waals surface area contributed by atoms with Crippen molar-refractivity contribution in [1.29, 1.82) is 0 Å². The molecule has 8 nitrogen and oxygen atoms in total. The van der Waals surface area contributed by atoms with E-state index < -0.39 is 38.3 Å². The van der Waals surface area contributed by atoms with Crippen molar-refractivity contribution in [2.45, 2.75) is 56.8 Å². The number of fused-ring (bicyclic) bond motifs is 1. The lowest BCUT2D eigenvalue weighted by Gasteiger charge is -2.43. The zero-order chi connectivity index (χ0) is 24.6. The Morgan fingerprint density at radius 2 is 1.88 bits per heavy atom. The van der Waals surface area contributed by atoms with Crippen molar-refractivity contribution in [2.75, 3.05) is 12.3 Å². The van der Waals surface area contributed by atoms with Gasteiger partial charge in [0.05, 0.1) is 11.8 Å². The van der Waals surface area contributed by atoms with E-state index in [0.717, 1.165) is 24.0 Å². The fourth-order valence-electron chi connectivity index (χ4n) is 4.79. The Balaban J connectivity index is 2.08. The van der Waals surface area contributed by atoms with E-state index in [9.17, 15) is 23.1 Å². The quantitative estimate of drug-likeness (QED) is 0.632. The van der Waals surface area contributed by atoms with Crippen molar-refractivity contribution in [3.8, 4) is 5.75 Å². The second-order valence-corrected chi connectivity index (χ2v) is 11.1. The number of allylic oxidation sites excluding steroid dienone is 4. The number of benzene rings is 1. The third kappa shape index (κ3) is 4.09. The monoisotopic (exact) mass is 483 g/mol. The highest BCUT2D eigenvalue weighted by Gasteiger charge is 2.43. The predicted octanol–water partition coefficient (Wildman–Crippen LogP) is 3.21. The van der Waals surface area contributed by atoms with E-state index in [1.807, 2.05) is 56.3 Å². The first kappa shape index (κ1) is 23.9. The van der Waals surface area contributed by atoms with E-state index >= 15 is 0 Å². The standard InChI is InChI=1S/C25H29N3O5S/c1-4-34(32,33)25-26-23(30)22(29)21-24(31)27(16(2)3)15-19(28(21)25)20(17-11-7-5-8-12-17)18-13-9-6-10-14-18/h5-9,11-13,16,19-20,29H,4,10,14-15H2,1-3H3/t19-,20?/m1/s1. The van der Waals surface area contributed by atoms with Crippen LogP contribution in [0.3, 0.4) is 0 Å². The predicted molar refractivity (Wildman–Crippen MR) is 129 cm³/mol. The van der Waals surface area contributed by atoms with Gasteiger partial charge in [0.25, 0.3) is 5.91 Å². The molecule has 34 heavy (non-hydrogen) atoms. The first-order valence-corrected chi connectivity index (χ1v) is 13.1. The highest BCUT2D eigenvalue weighted by atomic mass is 32.2.